The molecule has 1 aliphatic carbocycles. The van der Waals surface area contributed by atoms with Gasteiger partial charge >= 0.3 is 0 Å². The first kappa shape index (κ1) is 13.1. The van der Waals surface area contributed by atoms with Gasteiger partial charge in [0.2, 0.25) is 0 Å². The van der Waals surface area contributed by atoms with Crippen molar-refractivity contribution in [2.75, 3.05) is 0 Å². The summed E-state index contributed by atoms with van der Waals surface area (Å²) >= 11 is 0. The fraction of sp³-hybridized carbons (Fsp3) is 0.429. The van der Waals surface area contributed by atoms with Crippen LogP contribution in [0.4, 0.5) is 4.39 Å². The van der Waals surface area contributed by atoms with E-state index in [9.17, 15) is 4.39 Å². The van der Waals surface area contributed by atoms with Crippen molar-refractivity contribution in [1.82, 2.24) is 15.6 Å². The summed E-state index contributed by atoms with van der Waals surface area (Å²) in [6, 6.07) is 5.61. The molecular weight excluding hydrogens is 261 g/mol. The van der Waals surface area contributed by atoms with E-state index >= 15 is 0 Å². The Morgan fingerprint density at radius 3 is 2.90 bits per heavy atom. The maximum Gasteiger partial charge on any atom is 0.165 e. The topological polar surface area (TPSA) is 60.2 Å². The standard InChI is InChI=1S/C14H16FN3O2/c1-9-13(18-20-17-9)8-19-14-5-2-10(6-12(14)15)7-16-11-3-4-11/h2,5-6,11,16H,3-4,7-8H2,1H3. The van der Waals surface area contributed by atoms with Crippen molar-refractivity contribution >= 4 is 0 Å². The van der Waals surface area contributed by atoms with Gasteiger partial charge in [0.25, 0.3) is 0 Å². The van der Waals surface area contributed by atoms with Crippen molar-refractivity contribution in [3.63, 3.8) is 0 Å². The summed E-state index contributed by atoms with van der Waals surface area (Å²) in [6.45, 7) is 2.60. The number of nitrogens with one attached hydrogen (secondary N) is 1. The summed E-state index contributed by atoms with van der Waals surface area (Å²) in [7, 11) is 0. The molecule has 1 aromatic heterocycles. The van der Waals surface area contributed by atoms with E-state index in [4.69, 9.17) is 4.74 Å². The zero-order chi connectivity index (χ0) is 13.9. The summed E-state index contributed by atoms with van der Waals surface area (Å²) in [4.78, 5) is 0. The highest BCUT2D eigenvalue weighted by atomic mass is 19.1. The van der Waals surface area contributed by atoms with Crippen LogP contribution in [-0.2, 0) is 13.2 Å². The molecule has 0 bridgehead atoms. The van der Waals surface area contributed by atoms with Crippen LogP contribution in [-0.4, -0.2) is 16.4 Å². The van der Waals surface area contributed by atoms with Crippen LogP contribution in [0.25, 0.3) is 0 Å². The molecule has 5 nitrogen and oxygen atoms in total. The van der Waals surface area contributed by atoms with Gasteiger partial charge in [0, 0.05) is 12.6 Å². The lowest BCUT2D eigenvalue weighted by molar-refractivity contribution is 0.262. The summed E-state index contributed by atoms with van der Waals surface area (Å²) in [5, 5.41) is 10.7. The van der Waals surface area contributed by atoms with E-state index in [1.165, 1.54) is 18.9 Å². The third-order valence-electron chi connectivity index (χ3n) is 3.28. The Bertz CT molecular complexity index is 596. The molecule has 1 heterocycles. The first-order chi connectivity index (χ1) is 9.72. The Morgan fingerprint density at radius 2 is 2.25 bits per heavy atom. The molecule has 0 spiro atoms. The van der Waals surface area contributed by atoms with E-state index in [0.29, 0.717) is 24.0 Å². The van der Waals surface area contributed by atoms with E-state index in [-0.39, 0.29) is 18.2 Å². The number of aryl methyl sites for hydroxylation is 1. The van der Waals surface area contributed by atoms with Gasteiger partial charge in [0.15, 0.2) is 11.6 Å². The minimum Gasteiger partial charge on any atom is -0.484 e. The number of ether oxygens (including phenoxy) is 1. The molecule has 3 rings (SSSR count). The molecule has 1 fully saturated rings. The van der Waals surface area contributed by atoms with E-state index < -0.39 is 0 Å². The molecule has 1 aliphatic rings. The molecule has 0 atom stereocenters. The summed E-state index contributed by atoms with van der Waals surface area (Å²) in [5.74, 6) is -0.156. The fourth-order valence-corrected chi connectivity index (χ4v) is 1.85. The second-order valence-corrected chi connectivity index (χ2v) is 5.00. The molecule has 1 N–H and O–H groups in total. The van der Waals surface area contributed by atoms with Gasteiger partial charge in [-0.2, -0.15) is 0 Å². The van der Waals surface area contributed by atoms with Crippen LogP contribution < -0.4 is 10.1 Å². The number of nitrogens with zero attached hydrogens (tertiary/aromatic N) is 2. The first-order valence-corrected chi connectivity index (χ1v) is 6.65. The van der Waals surface area contributed by atoms with Crippen molar-refractivity contribution in [2.45, 2.75) is 39.0 Å². The van der Waals surface area contributed by atoms with Gasteiger partial charge in [0.1, 0.15) is 18.0 Å². The Labute approximate surface area is 116 Å². The summed E-state index contributed by atoms with van der Waals surface area (Å²) < 4.78 is 23.9. The number of aromatic nitrogens is 2. The van der Waals surface area contributed by atoms with Crippen molar-refractivity contribution in [3.05, 3.63) is 41.0 Å². The van der Waals surface area contributed by atoms with Crippen LogP contribution >= 0.6 is 0 Å². The van der Waals surface area contributed by atoms with Gasteiger partial charge in [-0.1, -0.05) is 16.4 Å². The lowest BCUT2D eigenvalue weighted by Gasteiger charge is -2.08. The molecule has 2 aromatic rings. The molecule has 6 heteroatoms. The number of halogens is 1. The summed E-state index contributed by atoms with van der Waals surface area (Å²) in [6.07, 6.45) is 2.43. The first-order valence-electron chi connectivity index (χ1n) is 6.65. The third-order valence-corrected chi connectivity index (χ3v) is 3.28. The second-order valence-electron chi connectivity index (χ2n) is 5.00. The Balaban J connectivity index is 1.60. The molecule has 106 valence electrons. The minimum atomic E-state index is -0.366. The molecule has 0 amide bonds. The Hall–Kier alpha value is -1.95. The molecule has 1 aromatic carbocycles. The highest BCUT2D eigenvalue weighted by Gasteiger charge is 2.20. The van der Waals surface area contributed by atoms with Gasteiger partial charge < -0.3 is 10.1 Å². The SMILES string of the molecule is Cc1nonc1COc1ccc(CNC2CC2)cc1F. The van der Waals surface area contributed by atoms with Crippen molar-refractivity contribution < 1.29 is 13.8 Å². The normalized spacial score (nSPS) is 14.5. The van der Waals surface area contributed by atoms with E-state index in [2.05, 4.69) is 20.3 Å². The minimum absolute atomic E-state index is 0.145. The lowest BCUT2D eigenvalue weighted by atomic mass is 10.2. The quantitative estimate of drug-likeness (QED) is 0.878. The molecule has 0 unspecified atom stereocenters. The largest absolute Gasteiger partial charge is 0.484 e. The van der Waals surface area contributed by atoms with Crippen LogP contribution in [0.15, 0.2) is 22.8 Å². The fourth-order valence-electron chi connectivity index (χ4n) is 1.85. The van der Waals surface area contributed by atoms with Gasteiger partial charge in [-0.15, -0.1) is 0 Å². The predicted octanol–water partition coefficient (Wildman–Crippen LogP) is 2.35. The number of benzene rings is 1. The van der Waals surface area contributed by atoms with Crippen molar-refractivity contribution in [3.8, 4) is 5.75 Å². The van der Waals surface area contributed by atoms with Crippen LogP contribution in [0.5, 0.6) is 5.75 Å². The van der Waals surface area contributed by atoms with Gasteiger partial charge in [-0.3, -0.25) is 0 Å². The Morgan fingerprint density at radius 1 is 1.40 bits per heavy atom. The van der Waals surface area contributed by atoms with E-state index in [1.54, 1.807) is 13.0 Å². The smallest absolute Gasteiger partial charge is 0.165 e. The lowest BCUT2D eigenvalue weighted by Crippen LogP contribution is -2.15. The predicted molar refractivity (Wildman–Crippen MR) is 69.6 cm³/mol. The third kappa shape index (κ3) is 3.14. The van der Waals surface area contributed by atoms with Gasteiger partial charge in [-0.05, 0) is 37.5 Å². The van der Waals surface area contributed by atoms with Crippen LogP contribution in [0.2, 0.25) is 0 Å². The number of rotatable bonds is 6. The van der Waals surface area contributed by atoms with Gasteiger partial charge in [-0.25, -0.2) is 9.02 Å². The van der Waals surface area contributed by atoms with Crippen LogP contribution in [0.3, 0.4) is 0 Å². The van der Waals surface area contributed by atoms with E-state index in [1.807, 2.05) is 6.07 Å². The Kier molecular flexibility index (Phi) is 3.64. The van der Waals surface area contributed by atoms with E-state index in [0.717, 1.165) is 5.56 Å². The van der Waals surface area contributed by atoms with Gasteiger partial charge in [0.05, 0.1) is 0 Å². The average Bonchev–Trinajstić information content (AvgIpc) is 3.18. The molecule has 20 heavy (non-hydrogen) atoms. The number of hydrogen-bond acceptors (Lipinski definition) is 5. The molecular formula is C14H16FN3O2. The highest BCUT2D eigenvalue weighted by molar-refractivity contribution is 5.29. The van der Waals surface area contributed by atoms with Crippen LogP contribution in [0, 0.1) is 12.7 Å². The zero-order valence-electron chi connectivity index (χ0n) is 11.2. The van der Waals surface area contributed by atoms with Crippen molar-refractivity contribution in [2.24, 2.45) is 0 Å². The summed E-state index contributed by atoms with van der Waals surface area (Å²) in [5.41, 5.74) is 2.14. The highest BCUT2D eigenvalue weighted by Crippen LogP contribution is 2.22. The zero-order valence-corrected chi connectivity index (χ0v) is 11.2. The molecule has 0 aliphatic heterocycles. The molecule has 0 radical (unpaired) electrons. The number of hydrogen-bond donors (Lipinski definition) is 1. The average molecular weight is 277 g/mol. The monoisotopic (exact) mass is 277 g/mol. The van der Waals surface area contributed by atoms with Crippen LogP contribution in [0.1, 0.15) is 29.8 Å². The molecule has 1 saturated carbocycles. The second kappa shape index (κ2) is 5.58. The maximum absolute atomic E-state index is 13.9. The maximum atomic E-state index is 13.9. The van der Waals surface area contributed by atoms with Crippen molar-refractivity contribution in [1.29, 1.82) is 0 Å². The molecule has 0 saturated heterocycles.